The molecular formula is C22H27N3. The van der Waals surface area contributed by atoms with Gasteiger partial charge < -0.3 is 0 Å². The van der Waals surface area contributed by atoms with Crippen LogP contribution in [0.2, 0.25) is 0 Å². The van der Waals surface area contributed by atoms with Gasteiger partial charge in [0.05, 0.1) is 11.7 Å². The molecule has 0 bridgehead atoms. The fraction of sp³-hybridized carbons (Fsp3) is 0.364. The van der Waals surface area contributed by atoms with E-state index in [1.807, 2.05) is 10.9 Å². The van der Waals surface area contributed by atoms with Crippen LogP contribution in [0, 0.1) is 0 Å². The van der Waals surface area contributed by atoms with Crippen molar-refractivity contribution in [2.75, 3.05) is 0 Å². The maximum Gasteiger partial charge on any atom is 0.113 e. The molecule has 3 nitrogen and oxygen atoms in total. The number of hydrogen-bond acceptors (Lipinski definition) is 2. The van der Waals surface area contributed by atoms with Crippen molar-refractivity contribution in [2.45, 2.75) is 52.5 Å². The molecule has 2 aromatic carbocycles. The third kappa shape index (κ3) is 3.81. The summed E-state index contributed by atoms with van der Waals surface area (Å²) in [6.45, 7) is 13.1. The van der Waals surface area contributed by atoms with Gasteiger partial charge in [0.25, 0.3) is 0 Å². The highest BCUT2D eigenvalue weighted by molar-refractivity contribution is 5.68. The van der Waals surface area contributed by atoms with E-state index in [2.05, 4.69) is 100 Å². The highest BCUT2D eigenvalue weighted by atomic mass is 15.4. The average Bonchev–Trinajstić information content (AvgIpc) is 3.05. The molecule has 0 fully saturated rings. The van der Waals surface area contributed by atoms with Crippen molar-refractivity contribution in [2.24, 2.45) is 0 Å². The van der Waals surface area contributed by atoms with Gasteiger partial charge in [-0.2, -0.15) is 0 Å². The molecule has 0 N–H and O–H groups in total. The van der Waals surface area contributed by atoms with Gasteiger partial charge >= 0.3 is 0 Å². The smallest absolute Gasteiger partial charge is 0.113 e. The van der Waals surface area contributed by atoms with Crippen LogP contribution in [-0.4, -0.2) is 15.0 Å². The van der Waals surface area contributed by atoms with Gasteiger partial charge in [-0.3, -0.25) is 0 Å². The summed E-state index contributed by atoms with van der Waals surface area (Å²) in [5.41, 5.74) is 5.92. The lowest BCUT2D eigenvalue weighted by Crippen LogP contribution is -2.22. The summed E-state index contributed by atoms with van der Waals surface area (Å²) < 4.78 is 1.90. The Morgan fingerprint density at radius 1 is 0.680 bits per heavy atom. The maximum atomic E-state index is 4.31. The van der Waals surface area contributed by atoms with Crippen LogP contribution in [0.4, 0.5) is 0 Å². The molecule has 3 rings (SSSR count). The van der Waals surface area contributed by atoms with Crippen molar-refractivity contribution in [1.82, 2.24) is 15.0 Å². The van der Waals surface area contributed by atoms with E-state index in [4.69, 9.17) is 0 Å². The SMILES string of the molecule is CC(C)(C)c1ccc(-c2ccc(-c3cn(C(C)(C)C)nn3)cc2)cc1. The molecular weight excluding hydrogens is 306 g/mol. The van der Waals surface area contributed by atoms with Gasteiger partial charge in [0, 0.05) is 5.56 Å². The summed E-state index contributed by atoms with van der Waals surface area (Å²) in [5, 5.41) is 8.55. The molecule has 0 saturated carbocycles. The van der Waals surface area contributed by atoms with E-state index in [9.17, 15) is 0 Å². The first kappa shape index (κ1) is 17.4. The minimum absolute atomic E-state index is 0.0556. The molecule has 0 aliphatic rings. The van der Waals surface area contributed by atoms with Crippen LogP contribution >= 0.6 is 0 Å². The van der Waals surface area contributed by atoms with Crippen LogP contribution in [0.25, 0.3) is 22.4 Å². The standard InChI is InChI=1S/C22H27N3/c1-21(2,3)19-13-11-17(12-14-19)16-7-9-18(10-8-16)20-15-25(24-23-20)22(4,5)6/h7-15H,1-6H3. The van der Waals surface area contributed by atoms with Crippen LogP contribution in [0.5, 0.6) is 0 Å². The first-order valence-corrected chi connectivity index (χ1v) is 8.79. The molecule has 0 unspecified atom stereocenters. The average molecular weight is 333 g/mol. The minimum atomic E-state index is -0.0556. The zero-order valence-corrected chi connectivity index (χ0v) is 16.0. The first-order valence-electron chi connectivity index (χ1n) is 8.79. The van der Waals surface area contributed by atoms with E-state index in [-0.39, 0.29) is 11.0 Å². The quantitative estimate of drug-likeness (QED) is 0.605. The van der Waals surface area contributed by atoms with Gasteiger partial charge in [0.15, 0.2) is 0 Å². The van der Waals surface area contributed by atoms with Crippen molar-refractivity contribution >= 4 is 0 Å². The van der Waals surface area contributed by atoms with Gasteiger partial charge in [0.2, 0.25) is 0 Å². The molecule has 0 atom stereocenters. The number of nitrogens with zero attached hydrogens (tertiary/aromatic N) is 3. The van der Waals surface area contributed by atoms with Crippen LogP contribution < -0.4 is 0 Å². The monoisotopic (exact) mass is 333 g/mol. The van der Waals surface area contributed by atoms with Crippen molar-refractivity contribution in [1.29, 1.82) is 0 Å². The van der Waals surface area contributed by atoms with Gasteiger partial charge in [-0.05, 0) is 42.9 Å². The van der Waals surface area contributed by atoms with Crippen molar-refractivity contribution in [3.05, 3.63) is 60.3 Å². The maximum absolute atomic E-state index is 4.31. The van der Waals surface area contributed by atoms with E-state index in [0.717, 1.165) is 11.3 Å². The van der Waals surface area contributed by atoms with Gasteiger partial charge in [-0.1, -0.05) is 74.5 Å². The highest BCUT2D eigenvalue weighted by Crippen LogP contribution is 2.28. The lowest BCUT2D eigenvalue weighted by Gasteiger charge is -2.19. The summed E-state index contributed by atoms with van der Waals surface area (Å²) in [6.07, 6.45) is 2.01. The fourth-order valence-electron chi connectivity index (χ4n) is 2.72. The predicted molar refractivity (Wildman–Crippen MR) is 105 cm³/mol. The molecule has 1 aromatic heterocycles. The molecule has 0 saturated heterocycles. The van der Waals surface area contributed by atoms with Crippen molar-refractivity contribution in [3.8, 4) is 22.4 Å². The predicted octanol–water partition coefficient (Wildman–Crippen LogP) is 5.66. The minimum Gasteiger partial charge on any atom is -0.247 e. The van der Waals surface area contributed by atoms with Crippen molar-refractivity contribution < 1.29 is 0 Å². The zero-order valence-electron chi connectivity index (χ0n) is 16.0. The molecule has 0 spiro atoms. The Bertz CT molecular complexity index is 842. The van der Waals surface area contributed by atoms with Crippen molar-refractivity contribution in [3.63, 3.8) is 0 Å². The third-order valence-corrected chi connectivity index (χ3v) is 4.45. The zero-order chi connectivity index (χ0) is 18.2. The summed E-state index contributed by atoms with van der Waals surface area (Å²) in [5.74, 6) is 0. The van der Waals surface area contributed by atoms with Crippen LogP contribution in [-0.2, 0) is 11.0 Å². The van der Waals surface area contributed by atoms with E-state index in [1.54, 1.807) is 0 Å². The Kier molecular flexibility index (Phi) is 4.28. The Morgan fingerprint density at radius 3 is 1.60 bits per heavy atom. The Balaban J connectivity index is 1.84. The van der Waals surface area contributed by atoms with Crippen LogP contribution in [0.3, 0.4) is 0 Å². The van der Waals surface area contributed by atoms with Gasteiger partial charge in [-0.15, -0.1) is 5.10 Å². The largest absolute Gasteiger partial charge is 0.247 e. The molecule has 25 heavy (non-hydrogen) atoms. The Hall–Kier alpha value is -2.42. The summed E-state index contributed by atoms with van der Waals surface area (Å²) in [4.78, 5) is 0. The highest BCUT2D eigenvalue weighted by Gasteiger charge is 2.16. The molecule has 0 amide bonds. The second kappa shape index (κ2) is 6.14. The molecule has 0 aliphatic heterocycles. The van der Waals surface area contributed by atoms with Gasteiger partial charge in [-0.25, -0.2) is 4.68 Å². The molecule has 3 heteroatoms. The molecule has 0 aliphatic carbocycles. The number of benzene rings is 2. The summed E-state index contributed by atoms with van der Waals surface area (Å²) >= 11 is 0. The normalized spacial score (nSPS) is 12.4. The third-order valence-electron chi connectivity index (χ3n) is 4.45. The molecule has 0 radical (unpaired) electrons. The Morgan fingerprint density at radius 2 is 1.16 bits per heavy atom. The summed E-state index contributed by atoms with van der Waals surface area (Å²) in [7, 11) is 0. The molecule has 1 heterocycles. The number of hydrogen-bond donors (Lipinski definition) is 0. The van der Waals surface area contributed by atoms with Crippen LogP contribution in [0.15, 0.2) is 54.7 Å². The van der Waals surface area contributed by atoms with E-state index in [1.165, 1.54) is 16.7 Å². The summed E-state index contributed by atoms with van der Waals surface area (Å²) in [6, 6.07) is 17.4. The number of aromatic nitrogens is 3. The lowest BCUT2D eigenvalue weighted by molar-refractivity contribution is 0.347. The second-order valence-electron chi connectivity index (χ2n) is 8.62. The lowest BCUT2D eigenvalue weighted by atomic mass is 9.86. The first-order chi connectivity index (χ1) is 11.6. The number of rotatable bonds is 2. The second-order valence-corrected chi connectivity index (χ2v) is 8.62. The molecule has 130 valence electrons. The van der Waals surface area contributed by atoms with Gasteiger partial charge in [0.1, 0.15) is 5.69 Å². The Labute approximate surface area is 150 Å². The van der Waals surface area contributed by atoms with E-state index in [0.29, 0.717) is 0 Å². The fourth-order valence-corrected chi connectivity index (χ4v) is 2.72. The van der Waals surface area contributed by atoms with Crippen LogP contribution in [0.1, 0.15) is 47.1 Å². The van der Waals surface area contributed by atoms with E-state index < -0.39 is 0 Å². The molecule has 3 aromatic rings. The van der Waals surface area contributed by atoms with E-state index >= 15 is 0 Å². The topological polar surface area (TPSA) is 30.7 Å².